The minimum absolute atomic E-state index is 0.188. The van der Waals surface area contributed by atoms with E-state index in [1.807, 2.05) is 38.1 Å². The van der Waals surface area contributed by atoms with Crippen molar-refractivity contribution in [1.29, 1.82) is 0 Å². The quantitative estimate of drug-likeness (QED) is 0.468. The average Bonchev–Trinajstić information content (AvgIpc) is 2.70. The molecule has 0 saturated carbocycles. The van der Waals surface area contributed by atoms with Crippen molar-refractivity contribution in [3.8, 4) is 5.69 Å². The van der Waals surface area contributed by atoms with Crippen LogP contribution in [0.25, 0.3) is 28.7 Å². The van der Waals surface area contributed by atoms with Gasteiger partial charge in [0.25, 0.3) is 5.56 Å². The van der Waals surface area contributed by atoms with Crippen molar-refractivity contribution in [1.82, 2.24) is 9.55 Å². The number of rotatable bonds is 3. The number of nitrogens with zero attached hydrogens (tertiary/aromatic N) is 2. The van der Waals surface area contributed by atoms with Gasteiger partial charge >= 0.3 is 0 Å². The van der Waals surface area contributed by atoms with E-state index in [0.29, 0.717) is 22.3 Å². The molecule has 0 amide bonds. The summed E-state index contributed by atoms with van der Waals surface area (Å²) in [5.74, 6) is -1.42. The smallest absolute Gasteiger partial charge is 0.266 e. The van der Waals surface area contributed by atoms with Crippen LogP contribution in [0.4, 0.5) is 8.78 Å². The maximum Gasteiger partial charge on any atom is 0.266 e. The van der Waals surface area contributed by atoms with Gasteiger partial charge in [-0.25, -0.2) is 13.8 Å². The van der Waals surface area contributed by atoms with Crippen LogP contribution in [-0.4, -0.2) is 9.55 Å². The molecule has 29 heavy (non-hydrogen) atoms. The number of para-hydroxylation sites is 1. The second-order valence-corrected chi connectivity index (χ2v) is 6.92. The van der Waals surface area contributed by atoms with E-state index in [0.717, 1.165) is 28.9 Å². The largest absolute Gasteiger partial charge is 0.268 e. The molecule has 1 aromatic heterocycles. The number of halogens is 2. The van der Waals surface area contributed by atoms with Crippen LogP contribution in [-0.2, 0) is 0 Å². The zero-order valence-electron chi connectivity index (χ0n) is 16.0. The fourth-order valence-corrected chi connectivity index (χ4v) is 3.34. The molecule has 0 aliphatic heterocycles. The average molecular weight is 388 g/mol. The van der Waals surface area contributed by atoms with Crippen molar-refractivity contribution in [3.05, 3.63) is 105 Å². The molecule has 0 atom stereocenters. The first kappa shape index (κ1) is 18.7. The number of benzene rings is 3. The fraction of sp³-hybridized carbons (Fsp3) is 0.0833. The summed E-state index contributed by atoms with van der Waals surface area (Å²) >= 11 is 0. The maximum atomic E-state index is 13.5. The van der Waals surface area contributed by atoms with E-state index in [4.69, 9.17) is 0 Å². The van der Waals surface area contributed by atoms with E-state index < -0.39 is 11.6 Å². The molecule has 3 nitrogen and oxygen atoms in total. The first-order valence-corrected chi connectivity index (χ1v) is 9.16. The van der Waals surface area contributed by atoms with Crippen LogP contribution in [0.15, 0.2) is 65.5 Å². The van der Waals surface area contributed by atoms with Crippen molar-refractivity contribution in [3.63, 3.8) is 0 Å². The molecule has 0 bridgehead atoms. The van der Waals surface area contributed by atoms with Gasteiger partial charge < -0.3 is 0 Å². The Hall–Kier alpha value is -3.60. The van der Waals surface area contributed by atoms with Crippen LogP contribution in [0, 0.1) is 25.5 Å². The SMILES string of the molecule is Cc1ccc(-n2c(C=Cc3ccc(F)c(F)c3)nc3ccccc3c2=O)c(C)c1. The highest BCUT2D eigenvalue weighted by molar-refractivity contribution is 5.80. The monoisotopic (exact) mass is 388 g/mol. The summed E-state index contributed by atoms with van der Waals surface area (Å²) < 4.78 is 28.3. The molecule has 4 rings (SSSR count). The molecule has 0 radical (unpaired) electrons. The van der Waals surface area contributed by atoms with E-state index in [1.54, 1.807) is 34.9 Å². The Morgan fingerprint density at radius 1 is 0.897 bits per heavy atom. The number of hydrogen-bond donors (Lipinski definition) is 0. The Balaban J connectivity index is 1.95. The molecule has 3 aromatic carbocycles. The Morgan fingerprint density at radius 2 is 1.69 bits per heavy atom. The van der Waals surface area contributed by atoms with Gasteiger partial charge in [0.05, 0.1) is 16.6 Å². The topological polar surface area (TPSA) is 34.9 Å². The van der Waals surface area contributed by atoms with Crippen molar-refractivity contribution in [2.45, 2.75) is 13.8 Å². The van der Waals surface area contributed by atoms with Gasteiger partial charge in [0.2, 0.25) is 0 Å². The first-order valence-electron chi connectivity index (χ1n) is 9.16. The molecule has 0 spiro atoms. The van der Waals surface area contributed by atoms with Gasteiger partial charge in [0, 0.05) is 0 Å². The second-order valence-electron chi connectivity index (χ2n) is 6.92. The molecular formula is C24H18F2N2O. The lowest BCUT2D eigenvalue weighted by atomic mass is 10.1. The number of aryl methyl sites for hydroxylation is 2. The van der Waals surface area contributed by atoms with E-state index >= 15 is 0 Å². The maximum absolute atomic E-state index is 13.5. The Labute approximate surface area is 166 Å². The normalized spacial score (nSPS) is 11.4. The van der Waals surface area contributed by atoms with Gasteiger partial charge in [-0.15, -0.1) is 0 Å². The van der Waals surface area contributed by atoms with Crippen molar-refractivity contribution in [2.24, 2.45) is 0 Å². The van der Waals surface area contributed by atoms with Crippen molar-refractivity contribution >= 4 is 23.1 Å². The van der Waals surface area contributed by atoms with E-state index in [9.17, 15) is 13.6 Å². The lowest BCUT2D eigenvalue weighted by Crippen LogP contribution is -2.23. The van der Waals surface area contributed by atoms with Crippen molar-refractivity contribution in [2.75, 3.05) is 0 Å². The van der Waals surface area contributed by atoms with Crippen LogP contribution in [0.2, 0.25) is 0 Å². The lowest BCUT2D eigenvalue weighted by Gasteiger charge is -2.14. The molecule has 0 fully saturated rings. The molecule has 0 aliphatic carbocycles. The van der Waals surface area contributed by atoms with E-state index in [1.165, 1.54) is 6.07 Å². The molecule has 0 saturated heterocycles. The third kappa shape index (κ3) is 3.59. The Bertz CT molecular complexity index is 1320. The third-order valence-electron chi connectivity index (χ3n) is 4.76. The molecular weight excluding hydrogens is 370 g/mol. The Morgan fingerprint density at radius 3 is 2.45 bits per heavy atom. The van der Waals surface area contributed by atoms with Crippen molar-refractivity contribution < 1.29 is 8.78 Å². The van der Waals surface area contributed by atoms with Gasteiger partial charge in [-0.05, 0) is 61.4 Å². The summed E-state index contributed by atoms with van der Waals surface area (Å²) in [6.07, 6.45) is 3.25. The number of aromatic nitrogens is 2. The fourth-order valence-electron chi connectivity index (χ4n) is 3.34. The van der Waals surface area contributed by atoms with E-state index in [-0.39, 0.29) is 5.56 Å². The third-order valence-corrected chi connectivity index (χ3v) is 4.76. The summed E-state index contributed by atoms with van der Waals surface area (Å²) in [4.78, 5) is 17.9. The zero-order valence-corrected chi connectivity index (χ0v) is 16.0. The first-order chi connectivity index (χ1) is 13.9. The Kier molecular flexibility index (Phi) is 4.80. The van der Waals surface area contributed by atoms with E-state index in [2.05, 4.69) is 4.98 Å². The van der Waals surface area contributed by atoms with Gasteiger partial charge in [-0.2, -0.15) is 0 Å². The molecule has 0 N–H and O–H groups in total. The van der Waals surface area contributed by atoms with Crippen LogP contribution in [0.5, 0.6) is 0 Å². The number of hydrogen-bond acceptors (Lipinski definition) is 2. The van der Waals surface area contributed by atoms with Crippen LogP contribution in [0.3, 0.4) is 0 Å². The molecule has 144 valence electrons. The van der Waals surface area contributed by atoms with Gasteiger partial charge in [-0.1, -0.05) is 42.0 Å². The number of fused-ring (bicyclic) bond motifs is 1. The van der Waals surface area contributed by atoms with Crippen LogP contribution < -0.4 is 5.56 Å². The predicted octanol–water partition coefficient (Wildman–Crippen LogP) is 5.45. The van der Waals surface area contributed by atoms with Crippen LogP contribution >= 0.6 is 0 Å². The minimum atomic E-state index is -0.926. The summed E-state index contributed by atoms with van der Waals surface area (Å²) in [5, 5.41) is 0.512. The standard InChI is InChI=1S/C24H18F2N2O/c1-15-7-11-22(16(2)13-15)28-23(12-9-17-8-10-19(25)20(26)14-17)27-21-6-4-3-5-18(21)24(28)29/h3-14H,1-2H3. The predicted molar refractivity (Wildman–Crippen MR) is 112 cm³/mol. The molecule has 1 heterocycles. The van der Waals surface area contributed by atoms with Gasteiger partial charge in [0.15, 0.2) is 11.6 Å². The van der Waals surface area contributed by atoms with Gasteiger partial charge in [0.1, 0.15) is 5.82 Å². The lowest BCUT2D eigenvalue weighted by molar-refractivity contribution is 0.508. The molecule has 4 aromatic rings. The van der Waals surface area contributed by atoms with Gasteiger partial charge in [-0.3, -0.25) is 9.36 Å². The summed E-state index contributed by atoms with van der Waals surface area (Å²) in [6, 6.07) is 16.6. The molecule has 0 unspecified atom stereocenters. The zero-order chi connectivity index (χ0) is 20.5. The summed E-state index contributed by atoms with van der Waals surface area (Å²) in [6.45, 7) is 3.93. The second kappa shape index (κ2) is 7.43. The summed E-state index contributed by atoms with van der Waals surface area (Å²) in [7, 11) is 0. The highest BCUT2D eigenvalue weighted by Crippen LogP contribution is 2.19. The van der Waals surface area contributed by atoms with Crippen LogP contribution in [0.1, 0.15) is 22.5 Å². The highest BCUT2D eigenvalue weighted by atomic mass is 19.2. The minimum Gasteiger partial charge on any atom is -0.268 e. The molecule has 5 heteroatoms. The molecule has 0 aliphatic rings. The summed E-state index contributed by atoms with van der Waals surface area (Å²) in [5.41, 5.74) is 3.61. The highest BCUT2D eigenvalue weighted by Gasteiger charge is 2.13.